The molecule has 1 N–H and O–H groups in total. The summed E-state index contributed by atoms with van der Waals surface area (Å²) < 4.78 is 16.9. The Morgan fingerprint density at radius 1 is 0.967 bits per heavy atom. The molecule has 0 aliphatic heterocycles. The fourth-order valence-electron chi connectivity index (χ4n) is 3.05. The summed E-state index contributed by atoms with van der Waals surface area (Å²) in [6.45, 7) is 3.83. The second-order valence-electron chi connectivity index (χ2n) is 6.84. The summed E-state index contributed by atoms with van der Waals surface area (Å²) in [7, 11) is 0. The van der Waals surface area contributed by atoms with Gasteiger partial charge in [-0.3, -0.25) is 0 Å². The van der Waals surface area contributed by atoms with Crippen LogP contribution in [0.25, 0.3) is 10.9 Å². The van der Waals surface area contributed by atoms with Crippen molar-refractivity contribution in [2.45, 2.75) is 20.0 Å². The highest BCUT2D eigenvalue weighted by Gasteiger charge is 2.10. The Balaban J connectivity index is 1.44. The van der Waals surface area contributed by atoms with E-state index in [1.54, 1.807) is 0 Å². The van der Waals surface area contributed by atoms with E-state index in [1.807, 2.05) is 61.5 Å². The number of pyridine rings is 1. The van der Waals surface area contributed by atoms with E-state index in [0.717, 1.165) is 33.7 Å². The van der Waals surface area contributed by atoms with Gasteiger partial charge >= 0.3 is 0 Å². The second kappa shape index (κ2) is 9.61. The van der Waals surface area contributed by atoms with Gasteiger partial charge in [0.15, 0.2) is 5.76 Å². The van der Waals surface area contributed by atoms with Crippen molar-refractivity contribution < 1.29 is 14.0 Å². The number of aromatic nitrogens is 2. The summed E-state index contributed by atoms with van der Waals surface area (Å²) in [6, 6.07) is 19.3. The highest BCUT2D eigenvalue weighted by atomic mass is 35.5. The highest BCUT2D eigenvalue weighted by molar-refractivity contribution is 6.31. The summed E-state index contributed by atoms with van der Waals surface area (Å²) in [5.74, 6) is 2.15. The molecule has 0 aliphatic rings. The van der Waals surface area contributed by atoms with Gasteiger partial charge in [-0.2, -0.15) is 0 Å². The fraction of sp³-hybridized carbons (Fsp3) is 0.217. The van der Waals surface area contributed by atoms with E-state index >= 15 is 0 Å². The van der Waals surface area contributed by atoms with E-state index < -0.39 is 0 Å². The molecule has 0 atom stereocenters. The van der Waals surface area contributed by atoms with E-state index in [0.29, 0.717) is 37.2 Å². The number of halogens is 1. The number of hydrogen-bond donors (Lipinski definition) is 1. The molecule has 30 heavy (non-hydrogen) atoms. The van der Waals surface area contributed by atoms with Crippen molar-refractivity contribution in [2.75, 3.05) is 13.2 Å². The van der Waals surface area contributed by atoms with Crippen LogP contribution in [0.15, 0.2) is 65.2 Å². The maximum atomic E-state index is 6.13. The summed E-state index contributed by atoms with van der Waals surface area (Å²) in [5.41, 5.74) is 2.59. The predicted octanol–water partition coefficient (Wildman–Crippen LogP) is 4.93. The monoisotopic (exact) mass is 423 g/mol. The van der Waals surface area contributed by atoms with Gasteiger partial charge in [-0.15, -0.1) is 0 Å². The minimum atomic E-state index is 0.377. The van der Waals surface area contributed by atoms with Gasteiger partial charge in [-0.25, -0.2) is 4.98 Å². The van der Waals surface area contributed by atoms with Crippen molar-refractivity contribution >= 4 is 22.5 Å². The molecule has 0 spiro atoms. The Morgan fingerprint density at radius 3 is 2.60 bits per heavy atom. The Kier molecular flexibility index (Phi) is 6.47. The van der Waals surface area contributed by atoms with Crippen molar-refractivity contribution in [1.29, 1.82) is 0 Å². The SMILES string of the molecule is Cc1cc(CNCc2cc3ccc(Cl)cc3nc2OCCOc2ccccc2)on1. The predicted molar refractivity (Wildman–Crippen MR) is 116 cm³/mol. The molecule has 4 rings (SSSR count). The lowest BCUT2D eigenvalue weighted by molar-refractivity contribution is 0.210. The third kappa shape index (κ3) is 5.28. The normalized spacial score (nSPS) is 11.0. The van der Waals surface area contributed by atoms with Crippen molar-refractivity contribution in [3.63, 3.8) is 0 Å². The van der Waals surface area contributed by atoms with Gasteiger partial charge in [0, 0.05) is 28.6 Å². The van der Waals surface area contributed by atoms with Crippen LogP contribution in [0.5, 0.6) is 11.6 Å². The van der Waals surface area contributed by atoms with Gasteiger partial charge in [0.25, 0.3) is 0 Å². The van der Waals surface area contributed by atoms with Gasteiger partial charge in [0.05, 0.1) is 17.8 Å². The van der Waals surface area contributed by atoms with Crippen LogP contribution in [-0.2, 0) is 13.1 Å². The number of para-hydroxylation sites is 1. The minimum Gasteiger partial charge on any atom is -0.490 e. The molecule has 0 fully saturated rings. The number of nitrogens with one attached hydrogen (secondary N) is 1. The number of nitrogens with zero attached hydrogens (tertiary/aromatic N) is 2. The number of fused-ring (bicyclic) bond motifs is 1. The van der Waals surface area contributed by atoms with Crippen LogP contribution in [0.4, 0.5) is 0 Å². The number of aryl methyl sites for hydroxylation is 1. The van der Waals surface area contributed by atoms with Crippen LogP contribution < -0.4 is 14.8 Å². The zero-order valence-electron chi connectivity index (χ0n) is 16.6. The van der Waals surface area contributed by atoms with Crippen LogP contribution >= 0.6 is 11.6 Å². The van der Waals surface area contributed by atoms with Crippen LogP contribution in [0.2, 0.25) is 5.02 Å². The molecule has 0 saturated heterocycles. The van der Waals surface area contributed by atoms with Gasteiger partial charge in [0.2, 0.25) is 5.88 Å². The van der Waals surface area contributed by atoms with Crippen LogP contribution in [-0.4, -0.2) is 23.4 Å². The molecule has 154 valence electrons. The Bertz CT molecular complexity index is 1120. The average Bonchev–Trinajstić information content (AvgIpc) is 3.17. The van der Waals surface area contributed by atoms with Crippen LogP contribution in [0.1, 0.15) is 17.0 Å². The van der Waals surface area contributed by atoms with E-state index in [2.05, 4.69) is 21.5 Å². The van der Waals surface area contributed by atoms with Gasteiger partial charge in [-0.1, -0.05) is 41.0 Å². The molecular formula is C23H22ClN3O3. The number of benzene rings is 2. The summed E-state index contributed by atoms with van der Waals surface area (Å²) in [5, 5.41) is 8.90. The number of rotatable bonds is 9. The third-order valence-electron chi connectivity index (χ3n) is 4.44. The lowest BCUT2D eigenvalue weighted by Gasteiger charge is -2.13. The van der Waals surface area contributed by atoms with Gasteiger partial charge in [0.1, 0.15) is 19.0 Å². The van der Waals surface area contributed by atoms with E-state index in [9.17, 15) is 0 Å². The molecule has 2 heterocycles. The maximum Gasteiger partial charge on any atom is 0.218 e. The molecule has 2 aromatic carbocycles. The maximum absolute atomic E-state index is 6.13. The van der Waals surface area contributed by atoms with Crippen molar-refractivity contribution in [3.8, 4) is 11.6 Å². The summed E-state index contributed by atoms with van der Waals surface area (Å²) >= 11 is 6.13. The standard InChI is InChI=1S/C23H22ClN3O3/c1-16-11-21(30-27-16)15-25-14-18-12-17-7-8-19(24)13-22(17)26-23(18)29-10-9-28-20-5-3-2-4-6-20/h2-8,11-13,25H,9-10,14-15H2,1H3. The largest absolute Gasteiger partial charge is 0.490 e. The molecule has 2 aromatic heterocycles. The third-order valence-corrected chi connectivity index (χ3v) is 4.68. The molecule has 0 saturated carbocycles. The zero-order valence-corrected chi connectivity index (χ0v) is 17.4. The molecule has 0 unspecified atom stereocenters. The van der Waals surface area contributed by atoms with E-state index in [1.165, 1.54) is 0 Å². The summed E-state index contributed by atoms with van der Waals surface area (Å²) in [4.78, 5) is 4.67. The van der Waals surface area contributed by atoms with Crippen molar-refractivity contribution in [3.05, 3.63) is 82.7 Å². The molecule has 0 bridgehead atoms. The smallest absolute Gasteiger partial charge is 0.218 e. The molecule has 0 radical (unpaired) electrons. The molecule has 0 aliphatic carbocycles. The lowest BCUT2D eigenvalue weighted by Crippen LogP contribution is -2.15. The highest BCUT2D eigenvalue weighted by Crippen LogP contribution is 2.25. The van der Waals surface area contributed by atoms with Crippen molar-refractivity contribution in [1.82, 2.24) is 15.5 Å². The molecule has 4 aromatic rings. The van der Waals surface area contributed by atoms with Gasteiger partial charge in [-0.05, 0) is 37.3 Å². The van der Waals surface area contributed by atoms with Crippen LogP contribution in [0.3, 0.4) is 0 Å². The van der Waals surface area contributed by atoms with Gasteiger partial charge < -0.3 is 19.3 Å². The molecular weight excluding hydrogens is 402 g/mol. The molecule has 7 heteroatoms. The van der Waals surface area contributed by atoms with Crippen molar-refractivity contribution in [2.24, 2.45) is 0 Å². The quantitative estimate of drug-likeness (QED) is 0.385. The Labute approximate surface area is 179 Å². The first-order chi connectivity index (χ1) is 14.7. The molecule has 6 nitrogen and oxygen atoms in total. The topological polar surface area (TPSA) is 69.4 Å². The number of ether oxygens (including phenoxy) is 2. The first-order valence-electron chi connectivity index (χ1n) is 9.70. The van der Waals surface area contributed by atoms with Crippen LogP contribution in [0, 0.1) is 6.92 Å². The Hall–Kier alpha value is -3.09. The molecule has 0 amide bonds. The first-order valence-corrected chi connectivity index (χ1v) is 10.1. The zero-order chi connectivity index (χ0) is 20.8. The lowest BCUT2D eigenvalue weighted by atomic mass is 10.1. The second-order valence-corrected chi connectivity index (χ2v) is 7.27. The number of hydrogen-bond acceptors (Lipinski definition) is 6. The minimum absolute atomic E-state index is 0.377. The Morgan fingerprint density at radius 2 is 1.80 bits per heavy atom. The summed E-state index contributed by atoms with van der Waals surface area (Å²) in [6.07, 6.45) is 0. The average molecular weight is 424 g/mol. The fourth-order valence-corrected chi connectivity index (χ4v) is 3.22. The van der Waals surface area contributed by atoms with E-state index in [4.69, 9.17) is 25.6 Å². The van der Waals surface area contributed by atoms with E-state index in [-0.39, 0.29) is 0 Å². The first kappa shape index (κ1) is 20.2.